The molecule has 0 bridgehead atoms. The van der Waals surface area contributed by atoms with Gasteiger partial charge in [-0.1, -0.05) is 57.2 Å². The van der Waals surface area contributed by atoms with Crippen LogP contribution < -0.4 is 0 Å². The van der Waals surface area contributed by atoms with Crippen LogP contribution in [-0.2, 0) is 16.0 Å². The van der Waals surface area contributed by atoms with Crippen LogP contribution in [0.25, 0.3) is 0 Å². The van der Waals surface area contributed by atoms with Crippen molar-refractivity contribution in [1.29, 1.82) is 0 Å². The minimum Gasteiger partial charge on any atom is -0.466 e. The molecule has 1 unspecified atom stereocenters. The number of hydrogen-bond acceptors (Lipinski definition) is 5. The number of carbonyl (C=O) groups excluding carboxylic acids is 3. The summed E-state index contributed by atoms with van der Waals surface area (Å²) >= 11 is 0. The first-order valence-corrected chi connectivity index (χ1v) is 8.50. The van der Waals surface area contributed by atoms with Gasteiger partial charge in [0.05, 0.1) is 7.11 Å². The summed E-state index contributed by atoms with van der Waals surface area (Å²) in [5.41, 5.74) is -1.74. The summed E-state index contributed by atoms with van der Waals surface area (Å²) in [6.45, 7) is 2.17. The van der Waals surface area contributed by atoms with Gasteiger partial charge < -0.3 is 9.84 Å². The summed E-state index contributed by atoms with van der Waals surface area (Å²) in [5, 5.41) is 10.3. The zero-order chi connectivity index (χ0) is 17.7. The molecule has 0 aromatic heterocycles. The number of ether oxygens (including phenoxy) is 1. The van der Waals surface area contributed by atoms with Crippen LogP contribution in [-0.4, -0.2) is 35.4 Å². The Bertz CT molecular complexity index is 649. The molecule has 0 amide bonds. The van der Waals surface area contributed by atoms with Gasteiger partial charge in [0.25, 0.3) is 5.60 Å². The normalized spacial score (nSPS) is 19.5. The molecule has 1 aliphatic rings. The number of esters is 1. The van der Waals surface area contributed by atoms with E-state index in [0.29, 0.717) is 12.0 Å². The zero-order valence-corrected chi connectivity index (χ0v) is 14.3. The first-order valence-electron chi connectivity index (χ1n) is 8.50. The molecule has 0 heterocycles. The summed E-state index contributed by atoms with van der Waals surface area (Å²) in [6.07, 6.45) is 7.34. The number of methoxy groups -OCH3 is 1. The van der Waals surface area contributed by atoms with Crippen LogP contribution in [0.1, 0.15) is 71.7 Å². The third kappa shape index (κ3) is 3.13. The van der Waals surface area contributed by atoms with Crippen LogP contribution >= 0.6 is 0 Å². The Kier molecular flexibility index (Phi) is 5.89. The Balaban J connectivity index is 2.16. The molecular weight excluding hydrogens is 308 g/mol. The number of aliphatic hydroxyl groups is 1. The molecule has 5 heteroatoms. The van der Waals surface area contributed by atoms with Gasteiger partial charge in [-0.15, -0.1) is 0 Å². The van der Waals surface area contributed by atoms with Gasteiger partial charge >= 0.3 is 5.97 Å². The smallest absolute Gasteiger partial charge is 0.354 e. The highest BCUT2D eigenvalue weighted by Crippen LogP contribution is 2.34. The van der Waals surface area contributed by atoms with Gasteiger partial charge in [0, 0.05) is 11.1 Å². The van der Waals surface area contributed by atoms with Crippen molar-refractivity contribution in [3.8, 4) is 0 Å². The standard InChI is InChI=1S/C19H24O5/c1-3-4-5-6-7-8-10-13-11-9-12-14-15(13)17(21)19(23,16(14)20)18(22)24-2/h9,11-12,23H,3-8,10H2,1-2H3. The first-order chi connectivity index (χ1) is 11.5. The van der Waals surface area contributed by atoms with Crippen molar-refractivity contribution in [1.82, 2.24) is 0 Å². The molecule has 0 spiro atoms. The van der Waals surface area contributed by atoms with Gasteiger partial charge in [0.1, 0.15) is 0 Å². The van der Waals surface area contributed by atoms with Gasteiger partial charge in [-0.2, -0.15) is 0 Å². The lowest BCUT2D eigenvalue weighted by Crippen LogP contribution is -2.49. The topological polar surface area (TPSA) is 80.7 Å². The molecule has 2 rings (SSSR count). The fourth-order valence-corrected chi connectivity index (χ4v) is 3.17. The molecule has 0 saturated heterocycles. The summed E-state index contributed by atoms with van der Waals surface area (Å²) < 4.78 is 4.45. The molecule has 1 aromatic rings. The van der Waals surface area contributed by atoms with Crippen LogP contribution in [0.5, 0.6) is 0 Å². The Morgan fingerprint density at radius 3 is 2.42 bits per heavy atom. The lowest BCUT2D eigenvalue weighted by Gasteiger charge is -2.15. The highest BCUT2D eigenvalue weighted by atomic mass is 16.5. The van der Waals surface area contributed by atoms with E-state index in [1.165, 1.54) is 25.3 Å². The van der Waals surface area contributed by atoms with E-state index in [4.69, 9.17) is 0 Å². The third-order valence-corrected chi connectivity index (χ3v) is 4.56. The lowest BCUT2D eigenvalue weighted by atomic mass is 9.95. The van der Waals surface area contributed by atoms with Crippen molar-refractivity contribution in [2.75, 3.05) is 7.11 Å². The highest BCUT2D eigenvalue weighted by Gasteiger charge is 2.59. The predicted octanol–water partition coefficient (Wildman–Crippen LogP) is 2.87. The van der Waals surface area contributed by atoms with Crippen LogP contribution in [0.2, 0.25) is 0 Å². The quantitative estimate of drug-likeness (QED) is 0.450. The summed E-state index contributed by atoms with van der Waals surface area (Å²) in [6, 6.07) is 4.93. The van der Waals surface area contributed by atoms with E-state index in [-0.39, 0.29) is 11.1 Å². The molecule has 0 fully saturated rings. The highest BCUT2D eigenvalue weighted by molar-refractivity contribution is 6.41. The number of benzene rings is 1. The van der Waals surface area contributed by atoms with E-state index in [0.717, 1.165) is 26.4 Å². The van der Waals surface area contributed by atoms with Crippen molar-refractivity contribution < 1.29 is 24.2 Å². The molecule has 5 nitrogen and oxygen atoms in total. The number of aryl methyl sites for hydroxylation is 1. The zero-order valence-electron chi connectivity index (χ0n) is 14.3. The van der Waals surface area contributed by atoms with Crippen LogP contribution in [0.3, 0.4) is 0 Å². The molecule has 1 N–H and O–H groups in total. The fourth-order valence-electron chi connectivity index (χ4n) is 3.17. The van der Waals surface area contributed by atoms with Crippen molar-refractivity contribution in [3.63, 3.8) is 0 Å². The van der Waals surface area contributed by atoms with E-state index >= 15 is 0 Å². The monoisotopic (exact) mass is 332 g/mol. The second kappa shape index (κ2) is 7.71. The fraction of sp³-hybridized carbons (Fsp3) is 0.526. The molecule has 130 valence electrons. The van der Waals surface area contributed by atoms with Gasteiger partial charge in [-0.25, -0.2) is 4.79 Å². The lowest BCUT2D eigenvalue weighted by molar-refractivity contribution is -0.152. The number of carbonyl (C=O) groups is 3. The number of unbranched alkanes of at least 4 members (excludes halogenated alkanes) is 5. The number of hydrogen-bond donors (Lipinski definition) is 1. The van der Waals surface area contributed by atoms with E-state index < -0.39 is 23.1 Å². The molecule has 1 aromatic carbocycles. The van der Waals surface area contributed by atoms with Gasteiger partial charge in [-0.05, 0) is 18.4 Å². The Hall–Kier alpha value is -2.01. The van der Waals surface area contributed by atoms with Gasteiger partial charge in [-0.3, -0.25) is 9.59 Å². The number of Topliss-reactive ketones (excluding diaryl/α,β-unsaturated/α-hetero) is 2. The average Bonchev–Trinajstić information content (AvgIpc) is 2.80. The van der Waals surface area contributed by atoms with Crippen molar-refractivity contribution >= 4 is 17.5 Å². The number of rotatable bonds is 8. The molecule has 0 radical (unpaired) electrons. The van der Waals surface area contributed by atoms with Crippen molar-refractivity contribution in [2.24, 2.45) is 0 Å². The Morgan fingerprint density at radius 2 is 1.75 bits per heavy atom. The SMILES string of the molecule is CCCCCCCCc1cccc2c1C(=O)C(O)(C(=O)OC)C2=O. The minimum atomic E-state index is -2.73. The van der Waals surface area contributed by atoms with E-state index in [9.17, 15) is 19.5 Å². The van der Waals surface area contributed by atoms with Crippen LogP contribution in [0, 0.1) is 0 Å². The van der Waals surface area contributed by atoms with Gasteiger partial charge in [0.15, 0.2) is 0 Å². The number of fused-ring (bicyclic) bond motifs is 1. The largest absolute Gasteiger partial charge is 0.466 e. The Morgan fingerprint density at radius 1 is 1.08 bits per heavy atom. The Labute approximate surface area is 142 Å². The second-order valence-electron chi connectivity index (χ2n) is 6.22. The maximum atomic E-state index is 12.6. The molecule has 1 aliphatic carbocycles. The second-order valence-corrected chi connectivity index (χ2v) is 6.22. The average molecular weight is 332 g/mol. The molecule has 0 aliphatic heterocycles. The third-order valence-electron chi connectivity index (χ3n) is 4.56. The number of ketones is 2. The molecular formula is C19H24O5. The van der Waals surface area contributed by atoms with E-state index in [2.05, 4.69) is 11.7 Å². The molecule has 0 saturated carbocycles. The van der Waals surface area contributed by atoms with Gasteiger partial charge in [0.2, 0.25) is 11.6 Å². The van der Waals surface area contributed by atoms with Crippen LogP contribution in [0.15, 0.2) is 18.2 Å². The molecule has 24 heavy (non-hydrogen) atoms. The summed E-state index contributed by atoms with van der Waals surface area (Å²) in [5.74, 6) is -2.98. The molecule has 1 atom stereocenters. The van der Waals surface area contributed by atoms with E-state index in [1.807, 2.05) is 0 Å². The van der Waals surface area contributed by atoms with Crippen molar-refractivity contribution in [3.05, 3.63) is 34.9 Å². The van der Waals surface area contributed by atoms with Crippen molar-refractivity contribution in [2.45, 2.75) is 57.5 Å². The summed E-state index contributed by atoms with van der Waals surface area (Å²) in [7, 11) is 1.04. The predicted molar refractivity (Wildman–Crippen MR) is 89.1 cm³/mol. The summed E-state index contributed by atoms with van der Waals surface area (Å²) in [4.78, 5) is 36.7. The maximum absolute atomic E-state index is 12.6. The first kappa shape index (κ1) is 18.3. The minimum absolute atomic E-state index is 0.108. The maximum Gasteiger partial charge on any atom is 0.354 e. The van der Waals surface area contributed by atoms with Crippen LogP contribution in [0.4, 0.5) is 0 Å². The van der Waals surface area contributed by atoms with E-state index in [1.54, 1.807) is 12.1 Å².